The number of aldehydes is 1. The molecule has 5 heteroatoms. The summed E-state index contributed by atoms with van der Waals surface area (Å²) < 4.78 is 11.0. The summed E-state index contributed by atoms with van der Waals surface area (Å²) in [5.41, 5.74) is 1.67. The number of esters is 1. The van der Waals surface area contributed by atoms with Crippen LogP contribution in [-0.2, 0) is 22.6 Å². The van der Waals surface area contributed by atoms with Crippen molar-refractivity contribution < 1.29 is 19.1 Å². The predicted molar refractivity (Wildman–Crippen MR) is 97.2 cm³/mol. The summed E-state index contributed by atoms with van der Waals surface area (Å²) in [5, 5.41) is 0.390. The van der Waals surface area contributed by atoms with Crippen molar-refractivity contribution in [2.75, 3.05) is 0 Å². The van der Waals surface area contributed by atoms with Crippen molar-refractivity contribution in [3.05, 3.63) is 64.2 Å². The van der Waals surface area contributed by atoms with Crippen LogP contribution in [0.3, 0.4) is 0 Å². The second kappa shape index (κ2) is 8.17. The van der Waals surface area contributed by atoms with E-state index >= 15 is 0 Å². The Morgan fingerprint density at radius 1 is 1.12 bits per heavy atom. The van der Waals surface area contributed by atoms with Crippen molar-refractivity contribution in [1.29, 1.82) is 0 Å². The van der Waals surface area contributed by atoms with Gasteiger partial charge in [-0.05, 0) is 50.1 Å². The second-order valence-corrected chi connectivity index (χ2v) is 7.08. The first-order valence-corrected chi connectivity index (χ1v) is 8.32. The second-order valence-electron chi connectivity index (χ2n) is 6.67. The summed E-state index contributed by atoms with van der Waals surface area (Å²) in [6.45, 7) is 5.85. The molecule has 0 aliphatic heterocycles. The van der Waals surface area contributed by atoms with E-state index in [1.54, 1.807) is 18.2 Å². The standard InChI is InChI=1S/C20H21ClO4/c1-20(2,3)25-19(23)10-14-5-4-6-15(9-14)13-24-17-7-8-18(21)16(11-17)12-22/h4-9,11-12H,10,13H2,1-3H3. The van der Waals surface area contributed by atoms with Gasteiger partial charge in [0.2, 0.25) is 0 Å². The highest BCUT2D eigenvalue weighted by Crippen LogP contribution is 2.21. The third-order valence-corrected chi connectivity index (χ3v) is 3.60. The lowest BCUT2D eigenvalue weighted by atomic mass is 10.1. The summed E-state index contributed by atoms with van der Waals surface area (Å²) in [4.78, 5) is 22.8. The van der Waals surface area contributed by atoms with Gasteiger partial charge in [0.05, 0.1) is 11.4 Å². The molecular weight excluding hydrogens is 340 g/mol. The Morgan fingerprint density at radius 3 is 2.52 bits per heavy atom. The molecule has 4 nitrogen and oxygen atoms in total. The van der Waals surface area contributed by atoms with Crippen LogP contribution in [0.15, 0.2) is 42.5 Å². The van der Waals surface area contributed by atoms with Gasteiger partial charge in [-0.3, -0.25) is 9.59 Å². The topological polar surface area (TPSA) is 52.6 Å². The van der Waals surface area contributed by atoms with Gasteiger partial charge in [-0.2, -0.15) is 0 Å². The number of ether oxygens (including phenoxy) is 2. The fourth-order valence-corrected chi connectivity index (χ4v) is 2.40. The molecule has 0 saturated heterocycles. The van der Waals surface area contributed by atoms with Crippen molar-refractivity contribution in [3.8, 4) is 5.75 Å². The van der Waals surface area contributed by atoms with Gasteiger partial charge in [-0.15, -0.1) is 0 Å². The molecule has 132 valence electrons. The van der Waals surface area contributed by atoms with E-state index in [9.17, 15) is 9.59 Å². The van der Waals surface area contributed by atoms with E-state index in [4.69, 9.17) is 21.1 Å². The zero-order valence-corrected chi connectivity index (χ0v) is 15.3. The third kappa shape index (κ3) is 6.24. The summed E-state index contributed by atoms with van der Waals surface area (Å²) in [5.74, 6) is 0.294. The van der Waals surface area contributed by atoms with Crippen LogP contribution >= 0.6 is 11.6 Å². The van der Waals surface area contributed by atoms with Gasteiger partial charge in [0.1, 0.15) is 18.0 Å². The Kier molecular flexibility index (Phi) is 6.21. The van der Waals surface area contributed by atoms with Crippen LogP contribution in [0.5, 0.6) is 5.75 Å². The van der Waals surface area contributed by atoms with Gasteiger partial charge < -0.3 is 9.47 Å². The zero-order valence-electron chi connectivity index (χ0n) is 14.5. The minimum atomic E-state index is -0.497. The highest BCUT2D eigenvalue weighted by molar-refractivity contribution is 6.33. The van der Waals surface area contributed by atoms with Crippen molar-refractivity contribution in [2.45, 2.75) is 39.4 Å². The van der Waals surface area contributed by atoms with Crippen LogP contribution in [0.25, 0.3) is 0 Å². The normalized spacial score (nSPS) is 11.0. The number of rotatable bonds is 6. The molecule has 0 aromatic heterocycles. The van der Waals surface area contributed by atoms with Gasteiger partial charge in [-0.1, -0.05) is 35.9 Å². The third-order valence-electron chi connectivity index (χ3n) is 3.26. The Morgan fingerprint density at radius 2 is 1.84 bits per heavy atom. The molecule has 0 bridgehead atoms. The average Bonchev–Trinajstić information content (AvgIpc) is 2.52. The molecule has 2 aromatic rings. The molecule has 25 heavy (non-hydrogen) atoms. The van der Waals surface area contributed by atoms with Crippen LogP contribution in [0.4, 0.5) is 0 Å². The lowest BCUT2D eigenvalue weighted by Crippen LogP contribution is -2.24. The van der Waals surface area contributed by atoms with Crippen LogP contribution in [0, 0.1) is 0 Å². The molecular formula is C20H21ClO4. The molecule has 0 aliphatic rings. The summed E-state index contributed by atoms with van der Waals surface area (Å²) in [6, 6.07) is 12.5. The first kappa shape index (κ1) is 19.0. The van der Waals surface area contributed by atoms with E-state index in [-0.39, 0.29) is 12.4 Å². The minimum absolute atomic E-state index is 0.210. The minimum Gasteiger partial charge on any atom is -0.489 e. The quantitative estimate of drug-likeness (QED) is 0.557. The summed E-state index contributed by atoms with van der Waals surface area (Å²) >= 11 is 5.90. The maximum absolute atomic E-state index is 11.9. The highest BCUT2D eigenvalue weighted by Gasteiger charge is 2.16. The molecule has 0 spiro atoms. The van der Waals surface area contributed by atoms with Crippen molar-refractivity contribution in [2.24, 2.45) is 0 Å². The Labute approximate surface area is 152 Å². The number of halogens is 1. The number of carbonyl (C=O) groups is 2. The van der Waals surface area contributed by atoms with E-state index in [0.717, 1.165) is 11.1 Å². The van der Waals surface area contributed by atoms with Crippen LogP contribution in [0.2, 0.25) is 5.02 Å². The molecule has 0 atom stereocenters. The van der Waals surface area contributed by atoms with Crippen molar-refractivity contribution >= 4 is 23.9 Å². The number of hydrogen-bond acceptors (Lipinski definition) is 4. The van der Waals surface area contributed by atoms with Crippen molar-refractivity contribution in [1.82, 2.24) is 0 Å². The zero-order chi connectivity index (χ0) is 18.4. The van der Waals surface area contributed by atoms with Gasteiger partial charge in [0.25, 0.3) is 0 Å². The van der Waals surface area contributed by atoms with Crippen LogP contribution < -0.4 is 4.74 Å². The predicted octanol–water partition coefficient (Wildman–Crippen LogP) is 4.62. The average molecular weight is 361 g/mol. The lowest BCUT2D eigenvalue weighted by Gasteiger charge is -2.19. The SMILES string of the molecule is CC(C)(C)OC(=O)Cc1cccc(COc2ccc(Cl)c(C=O)c2)c1. The summed E-state index contributed by atoms with van der Waals surface area (Å²) in [7, 11) is 0. The number of hydrogen-bond donors (Lipinski definition) is 0. The van der Waals surface area contributed by atoms with E-state index in [1.807, 2.05) is 45.0 Å². The number of carbonyl (C=O) groups excluding carboxylic acids is 2. The Hall–Kier alpha value is -2.33. The van der Waals surface area contributed by atoms with E-state index in [2.05, 4.69) is 0 Å². The molecule has 0 amide bonds. The van der Waals surface area contributed by atoms with E-state index < -0.39 is 5.60 Å². The maximum atomic E-state index is 11.9. The van der Waals surface area contributed by atoms with Crippen LogP contribution in [0.1, 0.15) is 42.3 Å². The number of benzene rings is 2. The van der Waals surface area contributed by atoms with Gasteiger partial charge in [0, 0.05) is 5.56 Å². The smallest absolute Gasteiger partial charge is 0.310 e. The van der Waals surface area contributed by atoms with E-state index in [0.29, 0.717) is 29.2 Å². The first-order chi connectivity index (χ1) is 11.8. The Bertz CT molecular complexity index is 763. The summed E-state index contributed by atoms with van der Waals surface area (Å²) in [6.07, 6.45) is 0.901. The monoisotopic (exact) mass is 360 g/mol. The van der Waals surface area contributed by atoms with Gasteiger partial charge in [0.15, 0.2) is 6.29 Å². The van der Waals surface area contributed by atoms with Crippen molar-refractivity contribution in [3.63, 3.8) is 0 Å². The largest absolute Gasteiger partial charge is 0.489 e. The fourth-order valence-electron chi connectivity index (χ4n) is 2.24. The fraction of sp³-hybridized carbons (Fsp3) is 0.300. The first-order valence-electron chi connectivity index (χ1n) is 7.94. The molecule has 0 aliphatic carbocycles. The molecule has 0 fully saturated rings. The van der Waals surface area contributed by atoms with Gasteiger partial charge in [-0.25, -0.2) is 0 Å². The molecule has 0 N–H and O–H groups in total. The molecule has 0 radical (unpaired) electrons. The van der Waals surface area contributed by atoms with Gasteiger partial charge >= 0.3 is 5.97 Å². The van der Waals surface area contributed by atoms with Crippen LogP contribution in [-0.4, -0.2) is 17.9 Å². The molecule has 2 rings (SSSR count). The van der Waals surface area contributed by atoms with E-state index in [1.165, 1.54) is 0 Å². The molecule has 0 heterocycles. The Balaban J connectivity index is 1.99. The lowest BCUT2D eigenvalue weighted by molar-refractivity contribution is -0.153. The molecule has 0 unspecified atom stereocenters. The maximum Gasteiger partial charge on any atom is 0.310 e. The molecule has 0 saturated carbocycles. The molecule has 2 aromatic carbocycles. The highest BCUT2D eigenvalue weighted by atomic mass is 35.5.